The molecule has 0 aromatic heterocycles. The third kappa shape index (κ3) is 4.82. The van der Waals surface area contributed by atoms with Crippen LogP contribution < -0.4 is 0 Å². The van der Waals surface area contributed by atoms with E-state index < -0.39 is 0 Å². The number of rotatable bonds is 6. The largest absolute Gasteiger partial charge is 0.465 e. The van der Waals surface area contributed by atoms with Crippen LogP contribution in [0, 0.1) is 0 Å². The number of carbonyl (C=O) groups is 2. The molecule has 0 N–H and O–H groups in total. The van der Waals surface area contributed by atoms with E-state index in [1.807, 2.05) is 23.1 Å². The lowest BCUT2D eigenvalue weighted by Crippen LogP contribution is -2.33. The van der Waals surface area contributed by atoms with E-state index >= 15 is 0 Å². The first-order valence-corrected chi connectivity index (χ1v) is 8.29. The highest BCUT2D eigenvalue weighted by Gasteiger charge is 2.28. The molecule has 0 spiro atoms. The number of esters is 1. The molecule has 0 bridgehead atoms. The standard InChI is InChI=1S/C20H25NO3/c1-15(2)5-4-6-18-11-12-19(22)21(18)14-13-16-7-9-17(10-8-16)20(23)24-3/h4-10,18H,11-14H2,1-3H3/t18-/m0/s1. The highest BCUT2D eigenvalue weighted by molar-refractivity contribution is 5.89. The van der Waals surface area contributed by atoms with Crippen LogP contribution in [0.1, 0.15) is 42.6 Å². The fourth-order valence-corrected chi connectivity index (χ4v) is 2.80. The Kier molecular flexibility index (Phi) is 6.36. The molecule has 0 unspecified atom stereocenters. The van der Waals surface area contributed by atoms with Crippen molar-refractivity contribution in [2.45, 2.75) is 39.2 Å². The molecule has 0 saturated carbocycles. The number of benzene rings is 1. The molecule has 0 aliphatic carbocycles. The summed E-state index contributed by atoms with van der Waals surface area (Å²) in [5.41, 5.74) is 2.89. The summed E-state index contributed by atoms with van der Waals surface area (Å²) in [6.45, 7) is 4.81. The van der Waals surface area contributed by atoms with Gasteiger partial charge in [0.05, 0.1) is 18.7 Å². The Hall–Kier alpha value is -2.36. The van der Waals surface area contributed by atoms with Gasteiger partial charge in [-0.1, -0.05) is 35.9 Å². The van der Waals surface area contributed by atoms with Crippen LogP contribution in [0.2, 0.25) is 0 Å². The lowest BCUT2D eigenvalue weighted by atomic mass is 10.1. The first-order chi connectivity index (χ1) is 11.5. The van der Waals surface area contributed by atoms with Crippen molar-refractivity contribution < 1.29 is 14.3 Å². The van der Waals surface area contributed by atoms with Crippen LogP contribution in [-0.2, 0) is 16.0 Å². The Morgan fingerprint density at radius 1 is 1.29 bits per heavy atom. The van der Waals surface area contributed by atoms with Gasteiger partial charge in [-0.2, -0.15) is 0 Å². The summed E-state index contributed by atoms with van der Waals surface area (Å²) in [6, 6.07) is 7.54. The Labute approximate surface area is 143 Å². The molecular formula is C20H25NO3. The maximum atomic E-state index is 12.1. The van der Waals surface area contributed by atoms with Gasteiger partial charge >= 0.3 is 5.97 Å². The number of methoxy groups -OCH3 is 1. The van der Waals surface area contributed by atoms with Crippen LogP contribution in [0.3, 0.4) is 0 Å². The molecule has 1 saturated heterocycles. The quantitative estimate of drug-likeness (QED) is 0.593. The topological polar surface area (TPSA) is 46.6 Å². The summed E-state index contributed by atoms with van der Waals surface area (Å²) in [6.07, 6.45) is 8.49. The van der Waals surface area contributed by atoms with Gasteiger partial charge in [-0.05, 0) is 44.4 Å². The maximum absolute atomic E-state index is 12.1. The van der Waals surface area contributed by atoms with Gasteiger partial charge in [-0.3, -0.25) is 4.79 Å². The van der Waals surface area contributed by atoms with Crippen molar-refractivity contribution in [2.24, 2.45) is 0 Å². The number of allylic oxidation sites excluding steroid dienone is 3. The zero-order chi connectivity index (χ0) is 17.5. The fraction of sp³-hybridized carbons (Fsp3) is 0.400. The fourth-order valence-electron chi connectivity index (χ4n) is 2.80. The second-order valence-electron chi connectivity index (χ2n) is 6.26. The lowest BCUT2D eigenvalue weighted by molar-refractivity contribution is -0.128. The number of carbonyl (C=O) groups excluding carboxylic acids is 2. The molecule has 1 aliphatic rings. The first-order valence-electron chi connectivity index (χ1n) is 8.29. The summed E-state index contributed by atoms with van der Waals surface area (Å²) < 4.78 is 4.70. The minimum atomic E-state index is -0.333. The van der Waals surface area contributed by atoms with E-state index in [9.17, 15) is 9.59 Å². The lowest BCUT2D eigenvalue weighted by Gasteiger charge is -2.22. The Bertz CT molecular complexity index is 639. The van der Waals surface area contributed by atoms with E-state index in [1.54, 1.807) is 12.1 Å². The van der Waals surface area contributed by atoms with Crippen molar-refractivity contribution in [3.8, 4) is 0 Å². The summed E-state index contributed by atoms with van der Waals surface area (Å²) in [5.74, 6) is -0.117. The third-order valence-electron chi connectivity index (χ3n) is 4.15. The van der Waals surface area contributed by atoms with Gasteiger partial charge in [-0.15, -0.1) is 0 Å². The molecular weight excluding hydrogens is 302 g/mol. The van der Waals surface area contributed by atoms with E-state index in [4.69, 9.17) is 4.74 Å². The summed E-state index contributed by atoms with van der Waals surface area (Å²) in [7, 11) is 1.37. The van der Waals surface area contributed by atoms with E-state index in [1.165, 1.54) is 12.7 Å². The smallest absolute Gasteiger partial charge is 0.337 e. The van der Waals surface area contributed by atoms with Gasteiger partial charge < -0.3 is 9.64 Å². The number of hydrogen-bond acceptors (Lipinski definition) is 3. The van der Waals surface area contributed by atoms with Crippen molar-refractivity contribution in [3.63, 3.8) is 0 Å². The van der Waals surface area contributed by atoms with Crippen molar-refractivity contribution >= 4 is 11.9 Å². The predicted molar refractivity (Wildman–Crippen MR) is 94.8 cm³/mol. The molecule has 1 aromatic rings. The van der Waals surface area contributed by atoms with Crippen LogP contribution in [0.25, 0.3) is 0 Å². The van der Waals surface area contributed by atoms with Crippen LogP contribution in [0.5, 0.6) is 0 Å². The van der Waals surface area contributed by atoms with E-state index in [0.717, 1.165) is 18.4 Å². The predicted octanol–water partition coefficient (Wildman–Crippen LogP) is 3.53. The summed E-state index contributed by atoms with van der Waals surface area (Å²) in [5, 5.41) is 0. The van der Waals surface area contributed by atoms with Crippen LogP contribution in [-0.4, -0.2) is 36.5 Å². The zero-order valence-corrected chi connectivity index (χ0v) is 14.6. The summed E-state index contributed by atoms with van der Waals surface area (Å²) >= 11 is 0. The van der Waals surface area contributed by atoms with Crippen LogP contribution >= 0.6 is 0 Å². The molecule has 2 rings (SSSR count). The molecule has 4 nitrogen and oxygen atoms in total. The zero-order valence-electron chi connectivity index (χ0n) is 14.6. The number of likely N-dealkylation sites (tertiary alicyclic amines) is 1. The van der Waals surface area contributed by atoms with Gasteiger partial charge in [0.2, 0.25) is 5.91 Å². The van der Waals surface area contributed by atoms with E-state index in [0.29, 0.717) is 18.5 Å². The van der Waals surface area contributed by atoms with Gasteiger partial charge in [0.1, 0.15) is 0 Å². The number of ether oxygens (including phenoxy) is 1. The molecule has 4 heteroatoms. The van der Waals surface area contributed by atoms with E-state index in [-0.39, 0.29) is 17.9 Å². The first kappa shape index (κ1) is 18.0. The average molecular weight is 327 g/mol. The number of nitrogens with zero attached hydrogens (tertiary/aromatic N) is 1. The minimum Gasteiger partial charge on any atom is -0.465 e. The summed E-state index contributed by atoms with van der Waals surface area (Å²) in [4.78, 5) is 25.5. The Morgan fingerprint density at radius 2 is 2.00 bits per heavy atom. The highest BCUT2D eigenvalue weighted by Crippen LogP contribution is 2.20. The van der Waals surface area contributed by atoms with Crippen molar-refractivity contribution in [2.75, 3.05) is 13.7 Å². The highest BCUT2D eigenvalue weighted by atomic mass is 16.5. The second-order valence-corrected chi connectivity index (χ2v) is 6.26. The molecule has 1 fully saturated rings. The molecule has 0 radical (unpaired) electrons. The van der Waals surface area contributed by atoms with Crippen molar-refractivity contribution in [1.82, 2.24) is 4.90 Å². The van der Waals surface area contributed by atoms with E-state index in [2.05, 4.69) is 26.0 Å². The maximum Gasteiger partial charge on any atom is 0.337 e. The second kappa shape index (κ2) is 8.48. The van der Waals surface area contributed by atoms with Crippen LogP contribution in [0.15, 0.2) is 48.1 Å². The molecule has 24 heavy (non-hydrogen) atoms. The van der Waals surface area contributed by atoms with Gasteiger partial charge in [0.15, 0.2) is 0 Å². The van der Waals surface area contributed by atoms with Gasteiger partial charge in [0, 0.05) is 13.0 Å². The molecule has 1 aromatic carbocycles. The number of hydrogen-bond donors (Lipinski definition) is 0. The van der Waals surface area contributed by atoms with Gasteiger partial charge in [0.25, 0.3) is 0 Å². The SMILES string of the molecule is COC(=O)c1ccc(CCN2C(=O)CC[C@@H]2C=CC=C(C)C)cc1. The number of amides is 1. The minimum absolute atomic E-state index is 0.183. The Morgan fingerprint density at radius 3 is 2.62 bits per heavy atom. The molecule has 1 atom stereocenters. The molecule has 1 amide bonds. The Balaban J connectivity index is 1.96. The molecule has 1 heterocycles. The third-order valence-corrected chi connectivity index (χ3v) is 4.15. The van der Waals surface area contributed by atoms with Crippen molar-refractivity contribution in [3.05, 3.63) is 59.2 Å². The monoisotopic (exact) mass is 327 g/mol. The molecule has 128 valence electrons. The van der Waals surface area contributed by atoms with Crippen molar-refractivity contribution in [1.29, 1.82) is 0 Å². The van der Waals surface area contributed by atoms with Crippen LogP contribution in [0.4, 0.5) is 0 Å². The average Bonchev–Trinajstić information content (AvgIpc) is 2.92. The van der Waals surface area contributed by atoms with Gasteiger partial charge in [-0.25, -0.2) is 4.79 Å². The molecule has 1 aliphatic heterocycles. The normalized spacial score (nSPS) is 17.4.